The topological polar surface area (TPSA) is 71.5 Å². The number of hydrogen-bond donors (Lipinski definition) is 1. The summed E-state index contributed by atoms with van der Waals surface area (Å²) in [6.07, 6.45) is 1.97. The number of ether oxygens (including phenoxy) is 1. The number of methoxy groups -OCH3 is 1. The maximum atomic E-state index is 11.9. The summed E-state index contributed by atoms with van der Waals surface area (Å²) < 4.78 is 4.88. The molecule has 108 valence electrons. The van der Waals surface area contributed by atoms with Crippen LogP contribution >= 0.6 is 0 Å². The maximum Gasteiger partial charge on any atom is 0.225 e. The number of amides is 2. The van der Waals surface area contributed by atoms with Crippen molar-refractivity contribution in [2.75, 3.05) is 26.8 Å². The van der Waals surface area contributed by atoms with E-state index in [0.717, 1.165) is 5.69 Å². The summed E-state index contributed by atoms with van der Waals surface area (Å²) in [4.78, 5) is 29.7. The molecular weight excluding hydrogens is 258 g/mol. The molecule has 6 nitrogen and oxygen atoms in total. The smallest absolute Gasteiger partial charge is 0.225 e. The number of aromatic nitrogens is 1. The van der Waals surface area contributed by atoms with Crippen molar-refractivity contribution >= 4 is 11.8 Å². The predicted octanol–water partition coefficient (Wildman–Crippen LogP) is 0.193. The molecule has 0 saturated carbocycles. The minimum absolute atomic E-state index is 0.00236. The molecule has 0 aliphatic carbocycles. The first kappa shape index (κ1) is 14.5. The highest BCUT2D eigenvalue weighted by Gasteiger charge is 2.34. The second kappa shape index (κ2) is 7.00. The highest BCUT2D eigenvalue weighted by Crippen LogP contribution is 2.19. The summed E-state index contributed by atoms with van der Waals surface area (Å²) in [6, 6.07) is 5.60. The minimum atomic E-state index is -0.275. The van der Waals surface area contributed by atoms with Crippen LogP contribution in [0.15, 0.2) is 24.4 Å². The predicted molar refractivity (Wildman–Crippen MR) is 72.6 cm³/mol. The number of pyridine rings is 1. The zero-order chi connectivity index (χ0) is 14.4. The Labute approximate surface area is 118 Å². The lowest BCUT2D eigenvalue weighted by atomic mass is 10.1. The molecule has 1 aromatic heterocycles. The van der Waals surface area contributed by atoms with Gasteiger partial charge in [0.2, 0.25) is 11.8 Å². The van der Waals surface area contributed by atoms with Crippen molar-refractivity contribution in [1.29, 1.82) is 0 Å². The molecule has 2 amide bonds. The normalized spacial score (nSPS) is 18.4. The molecule has 1 saturated heterocycles. The molecule has 0 spiro atoms. The summed E-state index contributed by atoms with van der Waals surface area (Å²) in [5.74, 6) is -0.357. The van der Waals surface area contributed by atoms with Crippen molar-refractivity contribution in [2.24, 2.45) is 5.92 Å². The average Bonchev–Trinajstić information content (AvgIpc) is 2.82. The van der Waals surface area contributed by atoms with E-state index in [9.17, 15) is 9.59 Å². The number of carbonyl (C=O) groups excluding carboxylic acids is 2. The fourth-order valence-electron chi connectivity index (χ4n) is 2.21. The van der Waals surface area contributed by atoms with E-state index in [2.05, 4.69) is 10.3 Å². The van der Waals surface area contributed by atoms with Crippen LogP contribution in [0.5, 0.6) is 0 Å². The Kier molecular flexibility index (Phi) is 5.06. The van der Waals surface area contributed by atoms with E-state index in [1.807, 2.05) is 18.2 Å². The van der Waals surface area contributed by atoms with Crippen LogP contribution < -0.4 is 5.32 Å². The number of carbonyl (C=O) groups is 2. The Morgan fingerprint density at radius 1 is 1.55 bits per heavy atom. The maximum absolute atomic E-state index is 11.9. The van der Waals surface area contributed by atoms with Gasteiger partial charge in [0, 0.05) is 32.8 Å². The number of likely N-dealkylation sites (tertiary alicyclic amines) is 1. The van der Waals surface area contributed by atoms with Gasteiger partial charge >= 0.3 is 0 Å². The number of hydrogen-bond acceptors (Lipinski definition) is 4. The molecule has 0 radical (unpaired) electrons. The molecule has 1 N–H and O–H groups in total. The van der Waals surface area contributed by atoms with Crippen molar-refractivity contribution in [3.8, 4) is 0 Å². The molecule has 1 aliphatic rings. The van der Waals surface area contributed by atoms with Crippen LogP contribution in [0.25, 0.3) is 0 Å². The van der Waals surface area contributed by atoms with Crippen LogP contribution in [0.3, 0.4) is 0 Å². The van der Waals surface area contributed by atoms with Gasteiger partial charge in [0.15, 0.2) is 0 Å². The largest absolute Gasteiger partial charge is 0.383 e. The lowest BCUT2D eigenvalue weighted by molar-refractivity contribution is -0.129. The monoisotopic (exact) mass is 277 g/mol. The fraction of sp³-hybridized carbons (Fsp3) is 0.500. The molecule has 0 bridgehead atoms. The van der Waals surface area contributed by atoms with E-state index < -0.39 is 0 Å². The first-order valence-electron chi connectivity index (χ1n) is 6.65. The third-order valence-electron chi connectivity index (χ3n) is 3.27. The van der Waals surface area contributed by atoms with Gasteiger partial charge in [-0.25, -0.2) is 0 Å². The fourth-order valence-corrected chi connectivity index (χ4v) is 2.21. The van der Waals surface area contributed by atoms with Gasteiger partial charge in [-0.15, -0.1) is 0 Å². The van der Waals surface area contributed by atoms with Crippen LogP contribution in [-0.2, 0) is 20.9 Å². The van der Waals surface area contributed by atoms with Gasteiger partial charge in [0.05, 0.1) is 24.8 Å². The van der Waals surface area contributed by atoms with Gasteiger partial charge in [-0.2, -0.15) is 0 Å². The average molecular weight is 277 g/mol. The van der Waals surface area contributed by atoms with E-state index >= 15 is 0 Å². The summed E-state index contributed by atoms with van der Waals surface area (Å²) in [5.41, 5.74) is 0.835. The molecule has 1 aromatic rings. The van der Waals surface area contributed by atoms with E-state index in [-0.39, 0.29) is 24.2 Å². The minimum Gasteiger partial charge on any atom is -0.383 e. The number of rotatable bonds is 6. The second-order valence-corrected chi connectivity index (χ2v) is 4.78. The van der Waals surface area contributed by atoms with Crippen LogP contribution in [-0.4, -0.2) is 48.5 Å². The van der Waals surface area contributed by atoms with Crippen molar-refractivity contribution in [3.63, 3.8) is 0 Å². The highest BCUT2D eigenvalue weighted by molar-refractivity contribution is 5.89. The molecule has 1 atom stereocenters. The molecule has 1 aliphatic heterocycles. The van der Waals surface area contributed by atoms with Gasteiger partial charge in [-0.05, 0) is 12.1 Å². The third kappa shape index (κ3) is 3.77. The molecule has 2 heterocycles. The molecule has 0 aromatic carbocycles. The lowest BCUT2D eigenvalue weighted by Gasteiger charge is -2.16. The van der Waals surface area contributed by atoms with E-state index in [1.165, 1.54) is 0 Å². The SMILES string of the molecule is COCCNC(=O)C1CC(=O)N(Cc2ccccn2)C1. The zero-order valence-corrected chi connectivity index (χ0v) is 11.5. The third-order valence-corrected chi connectivity index (χ3v) is 3.27. The zero-order valence-electron chi connectivity index (χ0n) is 11.5. The van der Waals surface area contributed by atoms with Crippen molar-refractivity contribution in [3.05, 3.63) is 30.1 Å². The van der Waals surface area contributed by atoms with Gasteiger partial charge in [0.1, 0.15) is 0 Å². The quantitative estimate of drug-likeness (QED) is 0.754. The summed E-state index contributed by atoms with van der Waals surface area (Å²) >= 11 is 0. The number of nitrogens with one attached hydrogen (secondary N) is 1. The van der Waals surface area contributed by atoms with Gasteiger partial charge in [0.25, 0.3) is 0 Å². The number of nitrogens with zero attached hydrogens (tertiary/aromatic N) is 2. The summed E-state index contributed by atoms with van der Waals surface area (Å²) in [7, 11) is 1.58. The molecule has 20 heavy (non-hydrogen) atoms. The molecule has 1 unspecified atom stereocenters. The Morgan fingerprint density at radius 2 is 2.40 bits per heavy atom. The van der Waals surface area contributed by atoms with Crippen LogP contribution in [0.4, 0.5) is 0 Å². The first-order chi connectivity index (χ1) is 9.70. The standard InChI is InChI=1S/C14H19N3O3/c1-20-7-6-16-14(19)11-8-13(18)17(9-11)10-12-4-2-3-5-15-12/h2-5,11H,6-10H2,1H3,(H,16,19). The molecular formula is C14H19N3O3. The Hall–Kier alpha value is -1.95. The molecule has 2 rings (SSSR count). The van der Waals surface area contributed by atoms with Crippen molar-refractivity contribution in [1.82, 2.24) is 15.2 Å². The van der Waals surface area contributed by atoms with Crippen molar-refractivity contribution < 1.29 is 14.3 Å². The lowest BCUT2D eigenvalue weighted by Crippen LogP contribution is -2.34. The molecule has 6 heteroatoms. The van der Waals surface area contributed by atoms with Crippen LogP contribution in [0.2, 0.25) is 0 Å². The van der Waals surface area contributed by atoms with E-state index in [0.29, 0.717) is 26.2 Å². The van der Waals surface area contributed by atoms with E-state index in [4.69, 9.17) is 4.74 Å². The Morgan fingerprint density at radius 3 is 3.10 bits per heavy atom. The highest BCUT2D eigenvalue weighted by atomic mass is 16.5. The summed E-state index contributed by atoms with van der Waals surface area (Å²) in [6.45, 7) is 1.86. The van der Waals surface area contributed by atoms with E-state index in [1.54, 1.807) is 18.2 Å². The van der Waals surface area contributed by atoms with Crippen molar-refractivity contribution in [2.45, 2.75) is 13.0 Å². The summed E-state index contributed by atoms with van der Waals surface area (Å²) in [5, 5.41) is 2.77. The van der Waals surface area contributed by atoms with Crippen LogP contribution in [0.1, 0.15) is 12.1 Å². The first-order valence-corrected chi connectivity index (χ1v) is 6.65. The van der Waals surface area contributed by atoms with Crippen LogP contribution in [0, 0.1) is 5.92 Å². The van der Waals surface area contributed by atoms with Gasteiger partial charge in [-0.1, -0.05) is 6.07 Å². The Bertz CT molecular complexity index is 464. The van der Waals surface area contributed by atoms with Gasteiger partial charge < -0.3 is 15.0 Å². The van der Waals surface area contributed by atoms with Gasteiger partial charge in [-0.3, -0.25) is 14.6 Å². The molecule has 1 fully saturated rings. The second-order valence-electron chi connectivity index (χ2n) is 4.78. The Balaban J connectivity index is 1.85.